The van der Waals surface area contributed by atoms with E-state index >= 15 is 0 Å². The Morgan fingerprint density at radius 2 is 2.00 bits per heavy atom. The lowest BCUT2D eigenvalue weighted by Crippen LogP contribution is -2.57. The van der Waals surface area contributed by atoms with Gasteiger partial charge in [0, 0.05) is 74.9 Å². The highest BCUT2D eigenvalue weighted by atomic mass is 32.2. The normalized spacial score (nSPS) is 24.1. The summed E-state index contributed by atoms with van der Waals surface area (Å²) in [6.07, 6.45) is 5.43. The van der Waals surface area contributed by atoms with E-state index in [1.807, 2.05) is 24.8 Å². The van der Waals surface area contributed by atoms with Crippen molar-refractivity contribution >= 4 is 44.0 Å². The fourth-order valence-corrected chi connectivity index (χ4v) is 6.67. The monoisotopic (exact) mass is 573 g/mol. The number of rotatable bonds is 9. The molecule has 0 radical (unpaired) electrons. The lowest BCUT2D eigenvalue weighted by atomic mass is 9.90. The van der Waals surface area contributed by atoms with Crippen LogP contribution >= 0.6 is 0 Å². The zero-order chi connectivity index (χ0) is 28.6. The van der Waals surface area contributed by atoms with E-state index in [-0.39, 0.29) is 36.8 Å². The van der Waals surface area contributed by atoms with Crippen molar-refractivity contribution < 1.29 is 22.7 Å². The Morgan fingerprint density at radius 3 is 2.67 bits per heavy atom. The first kappa shape index (κ1) is 28.4. The summed E-state index contributed by atoms with van der Waals surface area (Å²) in [5.74, 6) is 2.27. The standard InChI is InChI=1S/C27H36FN7O4S/c1-16(14-36)20-10-31-26(35-12-18(17(35)2)15-40(4,37)38)21-11-30-25(9-19(20)21)32-24-5-7-29-27(33-24)34-8-6-23(39-3)22(28)13-34/h5,7,9-11,16-18,22-23,36H,6,8,12-15H2,1-4H3,(H,29,30,32,33)/t16-,17-,18-,22-,23+/m1/s1. The summed E-state index contributed by atoms with van der Waals surface area (Å²) in [6.45, 7) is 5.25. The number of halogens is 1. The molecule has 0 saturated carbocycles. The summed E-state index contributed by atoms with van der Waals surface area (Å²) < 4.78 is 43.3. The van der Waals surface area contributed by atoms with Gasteiger partial charge in [-0.2, -0.15) is 4.98 Å². The molecule has 5 heterocycles. The summed E-state index contributed by atoms with van der Waals surface area (Å²) in [4.78, 5) is 22.2. The van der Waals surface area contributed by atoms with Crippen molar-refractivity contribution in [3.8, 4) is 0 Å². The molecular formula is C27H36FN7O4S. The molecule has 216 valence electrons. The van der Waals surface area contributed by atoms with Gasteiger partial charge in [-0.25, -0.2) is 27.8 Å². The molecule has 0 aliphatic carbocycles. The second kappa shape index (κ2) is 11.4. The first-order chi connectivity index (χ1) is 19.1. The lowest BCUT2D eigenvalue weighted by molar-refractivity contribution is 0.0194. The largest absolute Gasteiger partial charge is 0.396 e. The van der Waals surface area contributed by atoms with E-state index < -0.39 is 22.1 Å². The average Bonchev–Trinajstić information content (AvgIpc) is 2.93. The third-order valence-corrected chi connectivity index (χ3v) is 8.98. The molecule has 5 atom stereocenters. The van der Waals surface area contributed by atoms with E-state index in [9.17, 15) is 17.9 Å². The molecule has 2 aliphatic heterocycles. The van der Waals surface area contributed by atoms with E-state index in [1.54, 1.807) is 24.7 Å². The Kier molecular flexibility index (Phi) is 8.07. The molecule has 5 rings (SSSR count). The number of sulfone groups is 1. The maximum atomic E-state index is 14.4. The Hall–Kier alpha value is -3.16. The molecular weight excluding hydrogens is 537 g/mol. The van der Waals surface area contributed by atoms with Gasteiger partial charge in [0.25, 0.3) is 0 Å². The van der Waals surface area contributed by atoms with Crippen molar-refractivity contribution in [3.63, 3.8) is 0 Å². The number of alkyl halides is 1. The Balaban J connectivity index is 1.41. The number of fused-ring (bicyclic) bond motifs is 1. The van der Waals surface area contributed by atoms with E-state index in [4.69, 9.17) is 9.72 Å². The van der Waals surface area contributed by atoms with Crippen LogP contribution in [0.5, 0.6) is 0 Å². The molecule has 2 fully saturated rings. The number of hydrogen-bond acceptors (Lipinski definition) is 11. The topological polar surface area (TPSA) is 134 Å². The Labute approximate surface area is 233 Å². The number of anilines is 4. The lowest BCUT2D eigenvalue weighted by Gasteiger charge is -2.47. The predicted octanol–water partition coefficient (Wildman–Crippen LogP) is 2.69. The minimum Gasteiger partial charge on any atom is -0.396 e. The molecule has 0 unspecified atom stereocenters. The number of methoxy groups -OCH3 is 1. The molecule has 13 heteroatoms. The molecule has 0 spiro atoms. The molecule has 0 aromatic carbocycles. The summed E-state index contributed by atoms with van der Waals surface area (Å²) in [5.41, 5.74) is 0.881. The third kappa shape index (κ3) is 5.81. The van der Waals surface area contributed by atoms with Gasteiger partial charge in [0.15, 0.2) is 0 Å². The average molecular weight is 574 g/mol. The van der Waals surface area contributed by atoms with Gasteiger partial charge in [0.05, 0.1) is 18.4 Å². The van der Waals surface area contributed by atoms with Gasteiger partial charge in [0.1, 0.15) is 33.5 Å². The molecule has 40 heavy (non-hydrogen) atoms. The van der Waals surface area contributed by atoms with E-state index in [0.29, 0.717) is 37.1 Å². The van der Waals surface area contributed by atoms with Crippen LogP contribution in [0.1, 0.15) is 31.7 Å². The molecule has 3 aromatic rings. The molecule has 2 saturated heterocycles. The highest BCUT2D eigenvalue weighted by Crippen LogP contribution is 2.38. The van der Waals surface area contributed by atoms with Crippen molar-refractivity contribution in [2.24, 2.45) is 5.92 Å². The third-order valence-electron chi connectivity index (χ3n) is 7.95. The smallest absolute Gasteiger partial charge is 0.227 e. The first-order valence-electron chi connectivity index (χ1n) is 13.4. The van der Waals surface area contributed by atoms with Crippen molar-refractivity contribution in [1.29, 1.82) is 0 Å². The summed E-state index contributed by atoms with van der Waals surface area (Å²) in [5, 5.41) is 14.8. The number of aliphatic hydroxyl groups is 1. The minimum absolute atomic E-state index is 0.0154. The van der Waals surface area contributed by atoms with Gasteiger partial charge < -0.3 is 25.0 Å². The molecule has 2 N–H and O–H groups in total. The molecule has 0 bridgehead atoms. The van der Waals surface area contributed by atoms with Gasteiger partial charge in [-0.3, -0.25) is 0 Å². The zero-order valence-electron chi connectivity index (χ0n) is 23.2. The Morgan fingerprint density at radius 1 is 1.20 bits per heavy atom. The van der Waals surface area contributed by atoms with Crippen molar-refractivity contribution in [2.45, 2.75) is 44.5 Å². The second-order valence-corrected chi connectivity index (χ2v) is 13.1. The van der Waals surface area contributed by atoms with Crippen molar-refractivity contribution in [3.05, 3.63) is 36.3 Å². The van der Waals surface area contributed by atoms with Gasteiger partial charge in [0.2, 0.25) is 5.95 Å². The van der Waals surface area contributed by atoms with Gasteiger partial charge in [-0.15, -0.1) is 0 Å². The number of ether oxygens (including phenoxy) is 1. The van der Waals surface area contributed by atoms with E-state index in [2.05, 4.69) is 25.2 Å². The predicted molar refractivity (Wildman–Crippen MR) is 153 cm³/mol. The number of piperidine rings is 1. The van der Waals surface area contributed by atoms with Gasteiger partial charge in [-0.05, 0) is 36.4 Å². The highest BCUT2D eigenvalue weighted by Gasteiger charge is 2.39. The van der Waals surface area contributed by atoms with Crippen molar-refractivity contribution in [2.75, 3.05) is 60.5 Å². The Bertz CT molecular complexity index is 1480. The van der Waals surface area contributed by atoms with Crippen LogP contribution in [0.25, 0.3) is 10.8 Å². The highest BCUT2D eigenvalue weighted by molar-refractivity contribution is 7.90. The number of nitrogens with one attached hydrogen (secondary N) is 1. The quantitative estimate of drug-likeness (QED) is 0.391. The number of hydrogen-bond donors (Lipinski definition) is 2. The van der Waals surface area contributed by atoms with Crippen LogP contribution in [0.15, 0.2) is 30.7 Å². The van der Waals surface area contributed by atoms with Crippen LogP contribution in [-0.4, -0.2) is 97.1 Å². The van der Waals surface area contributed by atoms with Gasteiger partial charge >= 0.3 is 0 Å². The van der Waals surface area contributed by atoms with Crippen LogP contribution in [0.3, 0.4) is 0 Å². The van der Waals surface area contributed by atoms with Crippen LogP contribution < -0.4 is 15.1 Å². The van der Waals surface area contributed by atoms with Crippen LogP contribution in [0.2, 0.25) is 0 Å². The van der Waals surface area contributed by atoms with Crippen LogP contribution in [-0.2, 0) is 14.6 Å². The van der Waals surface area contributed by atoms with E-state index in [1.165, 1.54) is 13.4 Å². The maximum Gasteiger partial charge on any atom is 0.227 e. The summed E-state index contributed by atoms with van der Waals surface area (Å²) >= 11 is 0. The summed E-state index contributed by atoms with van der Waals surface area (Å²) in [7, 11) is -1.55. The number of aromatic nitrogens is 4. The molecule has 11 nitrogen and oxygen atoms in total. The van der Waals surface area contributed by atoms with Gasteiger partial charge in [-0.1, -0.05) is 6.92 Å². The van der Waals surface area contributed by atoms with Crippen molar-refractivity contribution in [1.82, 2.24) is 19.9 Å². The minimum atomic E-state index is -3.07. The number of nitrogens with zero attached hydrogens (tertiary/aromatic N) is 6. The maximum absolute atomic E-state index is 14.4. The fourth-order valence-electron chi connectivity index (χ4n) is 5.51. The zero-order valence-corrected chi connectivity index (χ0v) is 24.0. The number of aliphatic hydroxyl groups excluding tert-OH is 1. The van der Waals surface area contributed by atoms with Crippen LogP contribution in [0, 0.1) is 5.92 Å². The summed E-state index contributed by atoms with van der Waals surface area (Å²) in [6, 6.07) is 3.65. The van der Waals surface area contributed by atoms with E-state index in [0.717, 1.165) is 22.2 Å². The first-order valence-corrected chi connectivity index (χ1v) is 15.5. The molecule has 3 aromatic heterocycles. The fraction of sp³-hybridized carbons (Fsp3) is 0.556. The molecule has 0 amide bonds. The molecule has 2 aliphatic rings. The SMILES string of the molecule is CO[C@H]1CCN(c2nccc(Nc3cc4c([C@H](C)CO)cnc(N5C[C@H](CS(C)(=O)=O)[C@H]5C)c4cn3)n2)C[C@H]1F. The second-order valence-electron chi connectivity index (χ2n) is 10.9. The number of pyridine rings is 2. The van der Waals surface area contributed by atoms with Crippen LogP contribution in [0.4, 0.5) is 27.8 Å².